The van der Waals surface area contributed by atoms with Crippen LogP contribution in [-0.4, -0.2) is 34.0 Å². The summed E-state index contributed by atoms with van der Waals surface area (Å²) in [7, 11) is -10.1. The van der Waals surface area contributed by atoms with Gasteiger partial charge in [-0.05, 0) is 48.4 Å². The van der Waals surface area contributed by atoms with Crippen LogP contribution in [0.25, 0.3) is 0 Å². The number of amides is 2. The monoisotopic (exact) mass is 571 g/mol. The average Bonchev–Trinajstić information content (AvgIpc) is 2.83. The van der Waals surface area contributed by atoms with E-state index < -0.39 is 55.7 Å². The summed E-state index contributed by atoms with van der Waals surface area (Å²) in [4.78, 5) is 31.2. The molecule has 0 aliphatic rings. The van der Waals surface area contributed by atoms with Crippen LogP contribution >= 0.6 is 21.8 Å². The maximum atomic E-state index is 14.0. The Kier molecular flexibility index (Phi) is 7.08. The highest BCUT2D eigenvalue weighted by Gasteiger charge is 2.65. The summed E-state index contributed by atoms with van der Waals surface area (Å²) >= 11 is 5.28. The van der Waals surface area contributed by atoms with E-state index in [0.717, 1.165) is 18.7 Å². The number of rotatable bonds is 9. The normalized spacial score (nSPS) is 16.4. The van der Waals surface area contributed by atoms with E-state index in [-0.39, 0.29) is 30.0 Å². The van der Waals surface area contributed by atoms with E-state index in [1.54, 1.807) is 6.07 Å². The molecule has 0 spiro atoms. The minimum Gasteiger partial charge on any atom is -0.354 e. The first-order valence-electron chi connectivity index (χ1n) is 10.7. The second-order valence-electron chi connectivity index (χ2n) is 7.55. The van der Waals surface area contributed by atoms with E-state index in [9.17, 15) is 37.8 Å². The van der Waals surface area contributed by atoms with Gasteiger partial charge in [-0.2, -0.15) is 0 Å². The van der Waals surface area contributed by atoms with Crippen LogP contribution in [0.4, 0.5) is 33.9 Å². The van der Waals surface area contributed by atoms with Crippen molar-refractivity contribution < 1.29 is 39.2 Å². The van der Waals surface area contributed by atoms with Gasteiger partial charge in [-0.25, -0.2) is 18.7 Å². The molecule has 15 heteroatoms. The van der Waals surface area contributed by atoms with Crippen molar-refractivity contribution in [2.24, 2.45) is 0 Å². The van der Waals surface area contributed by atoms with Gasteiger partial charge >= 0.3 is 10.2 Å². The number of benzene rings is 2. The number of nitrogens with zero attached hydrogens (tertiary/aromatic N) is 3. The van der Waals surface area contributed by atoms with Gasteiger partial charge in [0.15, 0.2) is 0 Å². The molecule has 2 amide bonds. The van der Waals surface area contributed by atoms with E-state index >= 15 is 0 Å². The minimum atomic E-state index is -10.1. The molecule has 200 valence electrons. The highest BCUT2D eigenvalue weighted by atomic mass is 35.5. The summed E-state index contributed by atoms with van der Waals surface area (Å²) < 4.78 is 102. The molecule has 0 bridgehead atoms. The number of anilines is 1. The molecule has 6 nitrogen and oxygen atoms in total. The maximum absolute atomic E-state index is 14.0. The summed E-state index contributed by atoms with van der Waals surface area (Å²) in [6.45, 7) is -0.221. The number of hydrogen-bond acceptors (Lipinski definition) is 4. The largest absolute Gasteiger partial charge is 0.354 e. The molecule has 0 radical (unpaired) electrons. The molecule has 3 rings (SSSR count). The smallest absolute Gasteiger partial charge is 0.310 e. The van der Waals surface area contributed by atoms with Crippen LogP contribution in [0.3, 0.4) is 0 Å². The van der Waals surface area contributed by atoms with E-state index in [1.165, 1.54) is 18.2 Å². The molecular formula is C22H18ClF7N4O2S. The van der Waals surface area contributed by atoms with Crippen molar-refractivity contribution in [3.63, 3.8) is 0 Å². The van der Waals surface area contributed by atoms with Gasteiger partial charge in [0.2, 0.25) is 5.91 Å². The Bertz CT molecular complexity index is 1340. The lowest BCUT2D eigenvalue weighted by atomic mass is 10.1. The molecular weight excluding hydrogens is 553 g/mol. The summed E-state index contributed by atoms with van der Waals surface area (Å²) in [5.41, 5.74) is -3.61. The van der Waals surface area contributed by atoms with Crippen LogP contribution in [-0.2, 0) is 16.0 Å². The summed E-state index contributed by atoms with van der Waals surface area (Å²) in [5.74, 6) is -3.61. The van der Waals surface area contributed by atoms with Gasteiger partial charge in [0.25, 0.3) is 11.5 Å². The van der Waals surface area contributed by atoms with Crippen molar-refractivity contribution in [3.05, 3.63) is 84.2 Å². The lowest BCUT2D eigenvalue weighted by molar-refractivity contribution is -0.127. The predicted molar refractivity (Wildman–Crippen MR) is 124 cm³/mol. The van der Waals surface area contributed by atoms with Crippen molar-refractivity contribution in [3.8, 4) is 0 Å². The van der Waals surface area contributed by atoms with Gasteiger partial charge < -0.3 is 5.32 Å². The predicted octanol–water partition coefficient (Wildman–Crippen LogP) is 6.24. The third-order valence-corrected chi connectivity index (χ3v) is 6.16. The molecule has 37 heavy (non-hydrogen) atoms. The fourth-order valence-electron chi connectivity index (χ4n) is 3.20. The Morgan fingerprint density at radius 2 is 1.68 bits per heavy atom. The molecule has 3 aromatic rings. The van der Waals surface area contributed by atoms with Crippen molar-refractivity contribution in [2.45, 2.75) is 23.0 Å². The number of nitrogens with one attached hydrogen (secondary N) is 1. The number of halogens is 8. The van der Waals surface area contributed by atoms with Gasteiger partial charge in [0, 0.05) is 30.2 Å². The van der Waals surface area contributed by atoms with Gasteiger partial charge in [0.1, 0.15) is 23.1 Å². The molecule has 2 aromatic carbocycles. The van der Waals surface area contributed by atoms with Gasteiger partial charge in [0.05, 0.1) is 1.37 Å². The quantitative estimate of drug-likeness (QED) is 0.244. The first-order chi connectivity index (χ1) is 17.4. The second-order valence-corrected chi connectivity index (χ2v) is 10.3. The van der Waals surface area contributed by atoms with Crippen LogP contribution < -0.4 is 10.2 Å². The van der Waals surface area contributed by atoms with Crippen LogP contribution in [0.2, 0.25) is 0 Å². The molecule has 0 unspecified atom stereocenters. The van der Waals surface area contributed by atoms with Crippen molar-refractivity contribution in [1.82, 2.24) is 15.3 Å². The van der Waals surface area contributed by atoms with Crippen LogP contribution in [0, 0.1) is 5.82 Å². The first kappa shape index (κ1) is 26.7. The lowest BCUT2D eigenvalue weighted by Gasteiger charge is -2.40. The molecule has 1 N–H and O–H groups in total. The van der Waals surface area contributed by atoms with E-state index in [0.29, 0.717) is 17.7 Å². The fraction of sp³-hybridized carbons (Fsp3) is 0.182. The van der Waals surface area contributed by atoms with Crippen molar-refractivity contribution in [1.29, 1.82) is 0 Å². The highest BCUT2D eigenvalue weighted by molar-refractivity contribution is 8.45. The number of alkyl halides is 2. The molecule has 2 atom stereocenters. The van der Waals surface area contributed by atoms with Crippen LogP contribution in [0.1, 0.15) is 18.5 Å². The maximum Gasteiger partial charge on any atom is 0.310 e. The summed E-state index contributed by atoms with van der Waals surface area (Å²) in [6.07, 6.45) is 2.88. The SMILES string of the molecule is [2H][C@@](C(=O)NCCc1cccc(F)c1)(c1cncnc1)N(C(=O)[C@H](F)Cl)c1ccc(S(F)(F)(F)(F)F)cc1. The number of hydrogen-bond donors (Lipinski definition) is 1. The standard InChI is InChI=1S/C22H18ClF7N4O2S/c23-20(25)22(36)34(17-4-6-18(7-5-17)37(26,27,28,29)30)19(15-11-31-13-32-12-15)21(35)33-9-8-14-2-1-3-16(24)10-14/h1-7,10-13,19-20H,8-9H2,(H,33,35)/t19-,20-/m0/s1/i19D. The van der Waals surface area contributed by atoms with E-state index in [4.69, 9.17) is 13.0 Å². The molecule has 0 saturated carbocycles. The van der Waals surface area contributed by atoms with Gasteiger partial charge in [-0.15, -0.1) is 0 Å². The zero-order valence-corrected chi connectivity index (χ0v) is 20.0. The Labute approximate surface area is 212 Å². The Morgan fingerprint density at radius 3 is 2.22 bits per heavy atom. The second kappa shape index (κ2) is 9.82. The topological polar surface area (TPSA) is 75.2 Å². The average molecular weight is 572 g/mol. The van der Waals surface area contributed by atoms with Crippen LogP contribution in [0.15, 0.2) is 72.1 Å². The minimum absolute atomic E-state index is 0.0542. The summed E-state index contributed by atoms with van der Waals surface area (Å²) in [6, 6.07) is 2.97. The first-order valence-corrected chi connectivity index (χ1v) is 12.6. The third-order valence-electron chi connectivity index (χ3n) is 4.81. The Hall–Kier alpha value is -3.39. The zero-order chi connectivity index (χ0) is 28.4. The molecule has 0 aliphatic heterocycles. The van der Waals surface area contributed by atoms with Gasteiger partial charge in [-0.3, -0.25) is 14.5 Å². The third kappa shape index (κ3) is 7.32. The van der Waals surface area contributed by atoms with Crippen molar-refractivity contribution in [2.75, 3.05) is 11.4 Å². The Morgan fingerprint density at radius 1 is 1.05 bits per heavy atom. The van der Waals surface area contributed by atoms with Crippen LogP contribution in [0.5, 0.6) is 0 Å². The fourth-order valence-corrected chi connectivity index (χ4v) is 3.94. The Balaban J connectivity index is 2.07. The number of carbonyl (C=O) groups excluding carboxylic acids is 2. The number of carbonyl (C=O) groups is 2. The molecule has 1 heterocycles. The summed E-state index contributed by atoms with van der Waals surface area (Å²) in [5, 5.41) is 2.32. The lowest BCUT2D eigenvalue weighted by Crippen LogP contribution is -2.46. The number of aromatic nitrogens is 2. The molecule has 0 saturated heterocycles. The van der Waals surface area contributed by atoms with Gasteiger partial charge in [-0.1, -0.05) is 43.2 Å². The highest BCUT2D eigenvalue weighted by Crippen LogP contribution is 3.02. The van der Waals surface area contributed by atoms with Crippen molar-refractivity contribution >= 4 is 39.3 Å². The molecule has 1 aromatic heterocycles. The molecule has 0 aliphatic carbocycles. The molecule has 0 fully saturated rings. The zero-order valence-electron chi connectivity index (χ0n) is 19.4. The van der Waals surface area contributed by atoms with E-state index in [1.807, 2.05) is 0 Å². The van der Waals surface area contributed by atoms with E-state index in [2.05, 4.69) is 15.3 Å².